The molecule has 26 heavy (non-hydrogen) atoms. The molecule has 0 saturated carbocycles. The monoisotopic (exact) mass is 355 g/mol. The van der Waals surface area contributed by atoms with Gasteiger partial charge < -0.3 is 15.1 Å². The van der Waals surface area contributed by atoms with E-state index in [2.05, 4.69) is 17.3 Å². The minimum atomic E-state index is -0.494. The molecule has 1 aromatic carbocycles. The molecule has 0 spiro atoms. The average Bonchev–Trinajstić information content (AvgIpc) is 3.10. The van der Waals surface area contributed by atoms with E-state index in [0.29, 0.717) is 19.6 Å². The van der Waals surface area contributed by atoms with Crippen LogP contribution in [0.4, 0.5) is 10.5 Å². The van der Waals surface area contributed by atoms with Crippen LogP contribution >= 0.6 is 0 Å². The van der Waals surface area contributed by atoms with Crippen molar-refractivity contribution in [1.29, 1.82) is 0 Å². The first-order valence-corrected chi connectivity index (χ1v) is 9.02. The summed E-state index contributed by atoms with van der Waals surface area (Å²) in [7, 11) is 0. The molecular weight excluding hydrogens is 330 g/mol. The van der Waals surface area contributed by atoms with Crippen molar-refractivity contribution in [1.82, 2.24) is 20.0 Å². The Balaban J connectivity index is 1.57. The van der Waals surface area contributed by atoms with Gasteiger partial charge in [0.05, 0.1) is 6.20 Å². The number of aryl methyl sites for hydroxylation is 1. The summed E-state index contributed by atoms with van der Waals surface area (Å²) >= 11 is 0. The molecular formula is C19H25N5O2. The number of benzene rings is 1. The van der Waals surface area contributed by atoms with Gasteiger partial charge in [0.2, 0.25) is 5.91 Å². The topological polar surface area (TPSA) is 70.5 Å². The highest BCUT2D eigenvalue weighted by molar-refractivity contribution is 5.99. The van der Waals surface area contributed by atoms with E-state index in [1.165, 1.54) is 0 Å². The number of hydrogen-bond donors (Lipinski definition) is 1. The zero-order valence-corrected chi connectivity index (χ0v) is 15.3. The molecule has 1 aliphatic rings. The van der Waals surface area contributed by atoms with Gasteiger partial charge in [-0.25, -0.2) is 4.79 Å². The Bertz CT molecular complexity index is 758. The van der Waals surface area contributed by atoms with Gasteiger partial charge in [-0.05, 0) is 25.5 Å². The van der Waals surface area contributed by atoms with Crippen molar-refractivity contribution in [3.05, 3.63) is 48.3 Å². The molecule has 3 amide bonds. The predicted octanol–water partition coefficient (Wildman–Crippen LogP) is 2.24. The number of anilines is 1. The van der Waals surface area contributed by atoms with E-state index in [4.69, 9.17) is 0 Å². The molecule has 1 aromatic heterocycles. The first-order valence-electron chi connectivity index (χ1n) is 9.02. The fourth-order valence-electron chi connectivity index (χ4n) is 3.14. The van der Waals surface area contributed by atoms with Gasteiger partial charge in [-0.2, -0.15) is 5.10 Å². The van der Waals surface area contributed by atoms with Crippen molar-refractivity contribution in [3.8, 4) is 0 Å². The molecule has 0 bridgehead atoms. The van der Waals surface area contributed by atoms with Gasteiger partial charge in [-0.15, -0.1) is 0 Å². The number of carbonyl (C=O) groups is 2. The summed E-state index contributed by atoms with van der Waals surface area (Å²) in [5, 5.41) is 7.15. The summed E-state index contributed by atoms with van der Waals surface area (Å²) in [5.74, 6) is -0.0617. The van der Waals surface area contributed by atoms with Crippen molar-refractivity contribution in [2.24, 2.45) is 0 Å². The molecule has 2 aromatic rings. The molecule has 0 radical (unpaired) electrons. The second-order valence-electron chi connectivity index (χ2n) is 6.47. The van der Waals surface area contributed by atoms with Gasteiger partial charge in [-0.3, -0.25) is 9.48 Å². The van der Waals surface area contributed by atoms with E-state index in [1.807, 2.05) is 41.2 Å². The van der Waals surface area contributed by atoms with Crippen LogP contribution in [0.3, 0.4) is 0 Å². The van der Waals surface area contributed by atoms with Gasteiger partial charge >= 0.3 is 6.03 Å². The zero-order chi connectivity index (χ0) is 18.5. The summed E-state index contributed by atoms with van der Waals surface area (Å²) in [6.07, 6.45) is 4.71. The quantitative estimate of drug-likeness (QED) is 0.894. The lowest BCUT2D eigenvalue weighted by Gasteiger charge is -2.39. The second kappa shape index (κ2) is 8.03. The highest BCUT2D eigenvalue weighted by Gasteiger charge is 2.34. The van der Waals surface area contributed by atoms with Crippen LogP contribution in [0.2, 0.25) is 0 Å². The molecule has 3 rings (SSSR count). The minimum Gasteiger partial charge on any atom is -0.334 e. The summed E-state index contributed by atoms with van der Waals surface area (Å²) in [4.78, 5) is 28.5. The lowest BCUT2D eigenvalue weighted by atomic mass is 10.1. The van der Waals surface area contributed by atoms with E-state index < -0.39 is 6.04 Å². The first-order chi connectivity index (χ1) is 12.6. The number of rotatable bonds is 5. The molecule has 1 N–H and O–H groups in total. The molecule has 0 aliphatic carbocycles. The highest BCUT2D eigenvalue weighted by atomic mass is 16.2. The SMILES string of the molecule is CCCn1cc(CNC(=O)N2CCN(c3ccccc3)C(=O)C2C)cn1. The molecule has 2 heterocycles. The molecule has 1 aliphatic heterocycles. The maximum Gasteiger partial charge on any atom is 0.318 e. The number of aromatic nitrogens is 2. The van der Waals surface area contributed by atoms with Crippen LogP contribution in [0.15, 0.2) is 42.7 Å². The number of carbonyl (C=O) groups excluding carboxylic acids is 2. The number of nitrogens with zero attached hydrogens (tertiary/aromatic N) is 4. The lowest BCUT2D eigenvalue weighted by Crippen LogP contribution is -2.59. The fraction of sp³-hybridized carbons (Fsp3) is 0.421. The maximum atomic E-state index is 12.7. The van der Waals surface area contributed by atoms with Crippen LogP contribution in [-0.4, -0.2) is 45.8 Å². The molecule has 1 fully saturated rings. The van der Waals surface area contributed by atoms with E-state index >= 15 is 0 Å². The summed E-state index contributed by atoms with van der Waals surface area (Å²) in [6.45, 7) is 6.13. The third-order valence-corrected chi connectivity index (χ3v) is 4.57. The maximum absolute atomic E-state index is 12.7. The third kappa shape index (κ3) is 3.87. The molecule has 7 heteroatoms. The van der Waals surface area contributed by atoms with Gasteiger partial charge in [0.25, 0.3) is 0 Å². The largest absolute Gasteiger partial charge is 0.334 e. The molecule has 1 unspecified atom stereocenters. The van der Waals surface area contributed by atoms with Crippen molar-refractivity contribution < 1.29 is 9.59 Å². The van der Waals surface area contributed by atoms with Crippen LogP contribution in [0, 0.1) is 0 Å². The second-order valence-corrected chi connectivity index (χ2v) is 6.47. The standard InChI is InChI=1S/C19H25N5O2/c1-3-9-22-14-16(13-21-22)12-20-19(26)23-10-11-24(18(25)15(23)2)17-7-5-4-6-8-17/h4-8,13-15H,3,9-12H2,1-2H3,(H,20,26). The number of nitrogens with one attached hydrogen (secondary N) is 1. The van der Waals surface area contributed by atoms with E-state index in [0.717, 1.165) is 24.2 Å². The van der Waals surface area contributed by atoms with Crippen molar-refractivity contribution in [3.63, 3.8) is 0 Å². The van der Waals surface area contributed by atoms with E-state index in [-0.39, 0.29) is 11.9 Å². The first kappa shape index (κ1) is 18.0. The smallest absolute Gasteiger partial charge is 0.318 e. The highest BCUT2D eigenvalue weighted by Crippen LogP contribution is 2.20. The minimum absolute atomic E-state index is 0.0617. The van der Waals surface area contributed by atoms with Crippen LogP contribution in [0.1, 0.15) is 25.8 Å². The van der Waals surface area contributed by atoms with Gasteiger partial charge in [0.15, 0.2) is 0 Å². The fourth-order valence-corrected chi connectivity index (χ4v) is 3.14. The summed E-state index contributed by atoms with van der Waals surface area (Å²) in [5.41, 5.74) is 1.82. The normalized spacial score (nSPS) is 17.5. The molecule has 1 saturated heterocycles. The Morgan fingerprint density at radius 2 is 2.04 bits per heavy atom. The third-order valence-electron chi connectivity index (χ3n) is 4.57. The van der Waals surface area contributed by atoms with Crippen molar-refractivity contribution >= 4 is 17.6 Å². The number of urea groups is 1. The van der Waals surface area contributed by atoms with Crippen LogP contribution in [-0.2, 0) is 17.9 Å². The van der Waals surface area contributed by atoms with E-state index in [1.54, 1.807) is 22.9 Å². The summed E-state index contributed by atoms with van der Waals surface area (Å²) < 4.78 is 1.87. The molecule has 7 nitrogen and oxygen atoms in total. The molecule has 138 valence electrons. The Morgan fingerprint density at radius 1 is 1.27 bits per heavy atom. The Labute approximate surface area is 153 Å². The average molecular weight is 355 g/mol. The Kier molecular flexibility index (Phi) is 5.55. The Hall–Kier alpha value is -2.83. The van der Waals surface area contributed by atoms with Gasteiger partial charge in [-0.1, -0.05) is 25.1 Å². The van der Waals surface area contributed by atoms with Crippen molar-refractivity contribution in [2.75, 3.05) is 18.0 Å². The van der Waals surface area contributed by atoms with E-state index in [9.17, 15) is 9.59 Å². The van der Waals surface area contributed by atoms with Crippen LogP contribution < -0.4 is 10.2 Å². The van der Waals surface area contributed by atoms with Gasteiger partial charge in [0, 0.05) is 43.6 Å². The Morgan fingerprint density at radius 3 is 2.77 bits per heavy atom. The van der Waals surface area contributed by atoms with Crippen LogP contribution in [0.25, 0.3) is 0 Å². The van der Waals surface area contributed by atoms with Gasteiger partial charge in [0.1, 0.15) is 6.04 Å². The summed E-state index contributed by atoms with van der Waals surface area (Å²) in [6, 6.07) is 8.84. The molecule has 1 atom stereocenters. The predicted molar refractivity (Wildman–Crippen MR) is 99.7 cm³/mol. The number of amides is 3. The van der Waals surface area contributed by atoms with Crippen LogP contribution in [0.5, 0.6) is 0 Å². The number of piperazine rings is 1. The number of hydrogen-bond acceptors (Lipinski definition) is 3. The zero-order valence-electron chi connectivity index (χ0n) is 15.3. The number of para-hydroxylation sites is 1. The van der Waals surface area contributed by atoms with Crippen molar-refractivity contribution in [2.45, 2.75) is 39.4 Å². The lowest BCUT2D eigenvalue weighted by molar-refractivity contribution is -0.124.